The molecule has 1 amide bonds. The highest BCUT2D eigenvalue weighted by molar-refractivity contribution is 5.91. The molecule has 2 aromatic heterocycles. The molecule has 0 unspecified atom stereocenters. The van der Waals surface area contributed by atoms with Crippen LogP contribution in [0.3, 0.4) is 0 Å². The van der Waals surface area contributed by atoms with Crippen LogP contribution in [0.15, 0.2) is 41.6 Å². The molecule has 0 radical (unpaired) electrons. The van der Waals surface area contributed by atoms with Crippen LogP contribution in [0.25, 0.3) is 11.0 Å². The molecule has 7 heteroatoms. The summed E-state index contributed by atoms with van der Waals surface area (Å²) in [4.78, 5) is 31.6. The Labute approximate surface area is 126 Å². The number of aromatic nitrogens is 4. The van der Waals surface area contributed by atoms with Crippen LogP contribution in [0.1, 0.15) is 16.1 Å². The standard InChI is InChI=1S/C15H15N5O2/c1-19-12-4-3-10(7-13(12)20(2)15(19)22)8-18-14(21)11-9-16-5-6-17-11/h3-7,9H,8H2,1-2H3,(H,18,21). The third-order valence-corrected chi connectivity index (χ3v) is 3.59. The second kappa shape index (κ2) is 5.44. The van der Waals surface area contributed by atoms with Gasteiger partial charge in [-0.1, -0.05) is 6.07 Å². The van der Waals surface area contributed by atoms with E-state index >= 15 is 0 Å². The lowest BCUT2D eigenvalue weighted by molar-refractivity contribution is 0.0945. The Morgan fingerprint density at radius 3 is 2.68 bits per heavy atom. The molecular formula is C15H15N5O2. The summed E-state index contributed by atoms with van der Waals surface area (Å²) >= 11 is 0. The molecule has 0 saturated heterocycles. The molecule has 0 spiro atoms. The Balaban J connectivity index is 1.82. The Kier molecular flexibility index (Phi) is 3.46. The van der Waals surface area contributed by atoms with Gasteiger partial charge >= 0.3 is 5.69 Å². The van der Waals surface area contributed by atoms with Crippen LogP contribution in [-0.2, 0) is 20.6 Å². The van der Waals surface area contributed by atoms with Crippen LogP contribution < -0.4 is 11.0 Å². The molecule has 1 N–H and O–H groups in total. The predicted octanol–water partition coefficient (Wildman–Crippen LogP) is 0.597. The van der Waals surface area contributed by atoms with Crippen molar-refractivity contribution in [1.82, 2.24) is 24.4 Å². The minimum absolute atomic E-state index is 0.0734. The molecular weight excluding hydrogens is 282 g/mol. The van der Waals surface area contributed by atoms with Crippen molar-refractivity contribution >= 4 is 16.9 Å². The lowest BCUT2D eigenvalue weighted by atomic mass is 10.2. The Hall–Kier alpha value is -2.96. The summed E-state index contributed by atoms with van der Waals surface area (Å²) in [5, 5.41) is 2.79. The van der Waals surface area contributed by atoms with Gasteiger partial charge in [-0.25, -0.2) is 9.78 Å². The fraction of sp³-hybridized carbons (Fsp3) is 0.200. The predicted molar refractivity (Wildman–Crippen MR) is 81.4 cm³/mol. The van der Waals surface area contributed by atoms with E-state index in [9.17, 15) is 9.59 Å². The van der Waals surface area contributed by atoms with E-state index in [0.29, 0.717) is 6.54 Å². The Bertz CT molecular complexity index is 895. The van der Waals surface area contributed by atoms with Crippen LogP contribution in [0.4, 0.5) is 0 Å². The molecule has 0 fully saturated rings. The number of hydrogen-bond acceptors (Lipinski definition) is 4. The summed E-state index contributed by atoms with van der Waals surface area (Å²) in [6.45, 7) is 0.356. The largest absolute Gasteiger partial charge is 0.347 e. The van der Waals surface area contributed by atoms with Crippen molar-refractivity contribution in [1.29, 1.82) is 0 Å². The minimum Gasteiger partial charge on any atom is -0.347 e. The number of imidazole rings is 1. The van der Waals surface area contributed by atoms with Crippen molar-refractivity contribution < 1.29 is 4.79 Å². The van der Waals surface area contributed by atoms with E-state index in [0.717, 1.165) is 16.6 Å². The van der Waals surface area contributed by atoms with E-state index in [1.807, 2.05) is 18.2 Å². The monoisotopic (exact) mass is 297 g/mol. The highest BCUT2D eigenvalue weighted by atomic mass is 16.2. The summed E-state index contributed by atoms with van der Waals surface area (Å²) in [5.41, 5.74) is 2.80. The second-order valence-corrected chi connectivity index (χ2v) is 5.00. The van der Waals surface area contributed by atoms with Crippen LogP contribution in [-0.4, -0.2) is 25.0 Å². The number of amides is 1. The molecule has 0 aliphatic carbocycles. The maximum absolute atomic E-state index is 11.9. The van der Waals surface area contributed by atoms with E-state index in [4.69, 9.17) is 0 Å². The molecule has 0 bridgehead atoms. The number of fused-ring (bicyclic) bond motifs is 1. The third-order valence-electron chi connectivity index (χ3n) is 3.59. The zero-order valence-corrected chi connectivity index (χ0v) is 12.3. The van der Waals surface area contributed by atoms with Crippen molar-refractivity contribution in [3.63, 3.8) is 0 Å². The van der Waals surface area contributed by atoms with Gasteiger partial charge in [0.1, 0.15) is 5.69 Å². The first-order chi connectivity index (χ1) is 10.6. The summed E-state index contributed by atoms with van der Waals surface area (Å²) in [6, 6.07) is 5.66. The smallest absolute Gasteiger partial charge is 0.328 e. The van der Waals surface area contributed by atoms with Gasteiger partial charge in [0, 0.05) is 33.0 Å². The number of benzene rings is 1. The van der Waals surface area contributed by atoms with Crippen LogP contribution in [0.2, 0.25) is 0 Å². The molecule has 22 heavy (non-hydrogen) atoms. The molecule has 7 nitrogen and oxygen atoms in total. The Morgan fingerprint density at radius 1 is 1.18 bits per heavy atom. The van der Waals surface area contributed by atoms with Crippen LogP contribution >= 0.6 is 0 Å². The average molecular weight is 297 g/mol. The highest BCUT2D eigenvalue weighted by Gasteiger charge is 2.10. The number of aryl methyl sites for hydroxylation is 2. The molecule has 3 aromatic rings. The maximum Gasteiger partial charge on any atom is 0.328 e. The zero-order valence-electron chi connectivity index (χ0n) is 12.3. The highest BCUT2D eigenvalue weighted by Crippen LogP contribution is 2.14. The van der Waals surface area contributed by atoms with Gasteiger partial charge in [0.05, 0.1) is 17.2 Å². The normalized spacial score (nSPS) is 10.8. The summed E-state index contributed by atoms with van der Waals surface area (Å²) in [5.74, 6) is -0.282. The summed E-state index contributed by atoms with van der Waals surface area (Å²) in [6.07, 6.45) is 4.40. The van der Waals surface area contributed by atoms with E-state index in [1.54, 1.807) is 23.2 Å². The van der Waals surface area contributed by atoms with Crippen molar-refractivity contribution in [3.05, 3.63) is 58.5 Å². The van der Waals surface area contributed by atoms with E-state index in [1.165, 1.54) is 18.6 Å². The van der Waals surface area contributed by atoms with E-state index in [2.05, 4.69) is 15.3 Å². The maximum atomic E-state index is 11.9. The molecule has 3 rings (SSSR count). The Morgan fingerprint density at radius 2 is 1.95 bits per heavy atom. The first kappa shape index (κ1) is 14.0. The number of nitrogens with zero attached hydrogens (tertiary/aromatic N) is 4. The lowest BCUT2D eigenvalue weighted by Crippen LogP contribution is -2.23. The molecule has 2 heterocycles. The van der Waals surface area contributed by atoms with Gasteiger partial charge in [0.2, 0.25) is 0 Å². The molecule has 0 aliphatic rings. The number of hydrogen-bond donors (Lipinski definition) is 1. The van der Waals surface area contributed by atoms with E-state index in [-0.39, 0.29) is 17.3 Å². The molecule has 112 valence electrons. The molecule has 1 aromatic carbocycles. The molecule has 0 atom stereocenters. The van der Waals surface area contributed by atoms with Crippen molar-refractivity contribution in [2.75, 3.05) is 0 Å². The summed E-state index contributed by atoms with van der Waals surface area (Å²) in [7, 11) is 3.47. The lowest BCUT2D eigenvalue weighted by Gasteiger charge is -2.05. The first-order valence-corrected chi connectivity index (χ1v) is 6.76. The van der Waals surface area contributed by atoms with Gasteiger partial charge in [-0.3, -0.25) is 18.9 Å². The zero-order chi connectivity index (χ0) is 15.7. The third kappa shape index (κ3) is 2.37. The number of nitrogens with one attached hydrogen (secondary N) is 1. The van der Waals surface area contributed by atoms with Crippen molar-refractivity contribution in [2.45, 2.75) is 6.54 Å². The average Bonchev–Trinajstić information content (AvgIpc) is 2.78. The fourth-order valence-electron chi connectivity index (χ4n) is 2.35. The number of carbonyl (C=O) groups excluding carboxylic acids is 1. The minimum atomic E-state index is -0.282. The van der Waals surface area contributed by atoms with Crippen LogP contribution in [0, 0.1) is 0 Å². The van der Waals surface area contributed by atoms with Gasteiger partial charge < -0.3 is 5.32 Å². The quantitative estimate of drug-likeness (QED) is 0.767. The first-order valence-electron chi connectivity index (χ1n) is 6.76. The second-order valence-electron chi connectivity index (χ2n) is 5.00. The van der Waals surface area contributed by atoms with Gasteiger partial charge in [0.15, 0.2) is 0 Å². The summed E-state index contributed by atoms with van der Waals surface area (Å²) < 4.78 is 3.18. The van der Waals surface area contributed by atoms with Gasteiger partial charge in [0.25, 0.3) is 5.91 Å². The van der Waals surface area contributed by atoms with Crippen molar-refractivity contribution in [2.24, 2.45) is 14.1 Å². The SMILES string of the molecule is Cn1c(=O)n(C)c2cc(CNC(=O)c3cnccn3)ccc21. The fourth-order valence-corrected chi connectivity index (χ4v) is 2.35. The number of rotatable bonds is 3. The van der Waals surface area contributed by atoms with Gasteiger partial charge in [-0.15, -0.1) is 0 Å². The molecule has 0 aliphatic heterocycles. The van der Waals surface area contributed by atoms with E-state index < -0.39 is 0 Å². The number of carbonyl (C=O) groups is 1. The van der Waals surface area contributed by atoms with Crippen LogP contribution in [0.5, 0.6) is 0 Å². The van der Waals surface area contributed by atoms with Gasteiger partial charge in [-0.05, 0) is 17.7 Å². The van der Waals surface area contributed by atoms with Gasteiger partial charge in [-0.2, -0.15) is 0 Å². The topological polar surface area (TPSA) is 81.8 Å². The van der Waals surface area contributed by atoms with Crippen molar-refractivity contribution in [3.8, 4) is 0 Å². The molecule has 0 saturated carbocycles.